The molecule has 1 aliphatic heterocycles. The van der Waals surface area contributed by atoms with Crippen LogP contribution in [0.4, 0.5) is 0 Å². The quantitative estimate of drug-likeness (QED) is 0.757. The molecule has 9 nitrogen and oxygen atoms in total. The van der Waals surface area contributed by atoms with Crippen LogP contribution in [0.1, 0.15) is 29.2 Å². The second-order valence-corrected chi connectivity index (χ2v) is 6.31. The van der Waals surface area contributed by atoms with Crippen molar-refractivity contribution >= 4 is 0 Å². The van der Waals surface area contributed by atoms with Gasteiger partial charge in [-0.05, 0) is 20.2 Å². The first kappa shape index (κ1) is 17.0. The van der Waals surface area contributed by atoms with Gasteiger partial charge < -0.3 is 19.3 Å². The van der Waals surface area contributed by atoms with Crippen molar-refractivity contribution in [1.82, 2.24) is 29.7 Å². The molecule has 0 amide bonds. The zero-order chi connectivity index (χ0) is 17.1. The first-order chi connectivity index (χ1) is 11.5. The van der Waals surface area contributed by atoms with E-state index in [9.17, 15) is 5.11 Å². The lowest BCUT2D eigenvalue weighted by Gasteiger charge is -2.26. The van der Waals surface area contributed by atoms with Crippen molar-refractivity contribution in [2.75, 3.05) is 34.3 Å². The Labute approximate surface area is 140 Å². The molecule has 3 heterocycles. The Morgan fingerprint density at radius 2 is 2.25 bits per heavy atom. The number of hydrogen-bond acceptors (Lipinski definition) is 8. The fourth-order valence-electron chi connectivity index (χ4n) is 2.82. The third-order valence-electron chi connectivity index (χ3n) is 3.92. The van der Waals surface area contributed by atoms with Gasteiger partial charge in [-0.3, -0.25) is 9.58 Å². The molecule has 0 saturated carbocycles. The first-order valence-electron chi connectivity index (χ1n) is 7.97. The molecular formula is C15H24N6O3. The van der Waals surface area contributed by atoms with E-state index >= 15 is 0 Å². The minimum atomic E-state index is -0.569. The monoisotopic (exact) mass is 336 g/mol. The van der Waals surface area contributed by atoms with Crippen molar-refractivity contribution in [1.29, 1.82) is 0 Å². The van der Waals surface area contributed by atoms with Gasteiger partial charge in [0.15, 0.2) is 5.82 Å². The fraction of sp³-hybridized carbons (Fsp3) is 0.667. The molecule has 1 N–H and O–H groups in total. The maximum Gasteiger partial charge on any atom is 0.252 e. The van der Waals surface area contributed by atoms with Crippen LogP contribution in [0.25, 0.3) is 0 Å². The Kier molecular flexibility index (Phi) is 5.24. The SMILES string of the molecule is COCc1nc(CN2CCn3nc(C(O)CN(C)C)cc3C2)no1. The van der Waals surface area contributed by atoms with Gasteiger partial charge in [0.25, 0.3) is 5.89 Å². The summed E-state index contributed by atoms with van der Waals surface area (Å²) in [6, 6.07) is 1.98. The second kappa shape index (κ2) is 7.39. The third kappa shape index (κ3) is 3.99. The Morgan fingerprint density at radius 3 is 3.00 bits per heavy atom. The van der Waals surface area contributed by atoms with Crippen LogP contribution in [0, 0.1) is 0 Å². The Balaban J connectivity index is 1.62. The summed E-state index contributed by atoms with van der Waals surface area (Å²) in [6.07, 6.45) is -0.569. The number of aliphatic hydroxyl groups is 1. The molecule has 0 aromatic carbocycles. The van der Waals surface area contributed by atoms with Crippen molar-refractivity contribution in [3.63, 3.8) is 0 Å². The smallest absolute Gasteiger partial charge is 0.252 e. The number of likely N-dealkylation sites (N-methyl/N-ethyl adjacent to an activating group) is 1. The number of fused-ring (bicyclic) bond motifs is 1. The summed E-state index contributed by atoms with van der Waals surface area (Å²) >= 11 is 0. The average molecular weight is 336 g/mol. The molecular weight excluding hydrogens is 312 g/mol. The zero-order valence-corrected chi connectivity index (χ0v) is 14.3. The minimum absolute atomic E-state index is 0.326. The molecule has 0 aliphatic carbocycles. The van der Waals surface area contributed by atoms with Crippen molar-refractivity contribution in [2.45, 2.75) is 32.3 Å². The van der Waals surface area contributed by atoms with Gasteiger partial charge in [0.1, 0.15) is 12.7 Å². The van der Waals surface area contributed by atoms with E-state index in [4.69, 9.17) is 9.26 Å². The van der Waals surface area contributed by atoms with Gasteiger partial charge >= 0.3 is 0 Å². The first-order valence-corrected chi connectivity index (χ1v) is 7.97. The maximum absolute atomic E-state index is 10.2. The molecule has 0 bridgehead atoms. The highest BCUT2D eigenvalue weighted by Gasteiger charge is 2.22. The summed E-state index contributed by atoms with van der Waals surface area (Å²) in [6.45, 7) is 3.89. The molecule has 132 valence electrons. The lowest BCUT2D eigenvalue weighted by Crippen LogP contribution is -2.33. The number of hydrogen-bond donors (Lipinski definition) is 1. The molecule has 0 spiro atoms. The summed E-state index contributed by atoms with van der Waals surface area (Å²) in [7, 11) is 5.46. The largest absolute Gasteiger partial charge is 0.385 e. The molecule has 1 unspecified atom stereocenters. The molecule has 0 radical (unpaired) electrons. The van der Waals surface area contributed by atoms with Gasteiger partial charge in [0.05, 0.1) is 24.5 Å². The van der Waals surface area contributed by atoms with E-state index < -0.39 is 6.10 Å². The lowest BCUT2D eigenvalue weighted by atomic mass is 10.2. The van der Waals surface area contributed by atoms with E-state index in [2.05, 4.69) is 20.1 Å². The highest BCUT2D eigenvalue weighted by molar-refractivity contribution is 5.14. The van der Waals surface area contributed by atoms with E-state index in [1.54, 1.807) is 7.11 Å². The van der Waals surface area contributed by atoms with Crippen LogP contribution in [-0.2, 0) is 31.0 Å². The molecule has 1 aliphatic rings. The van der Waals surface area contributed by atoms with Crippen molar-refractivity contribution in [3.05, 3.63) is 29.2 Å². The molecule has 24 heavy (non-hydrogen) atoms. The predicted octanol–water partition coefficient (Wildman–Crippen LogP) is 0.0233. The van der Waals surface area contributed by atoms with E-state index in [0.717, 1.165) is 31.0 Å². The molecule has 9 heteroatoms. The fourth-order valence-corrected chi connectivity index (χ4v) is 2.82. The number of rotatable bonds is 7. The summed E-state index contributed by atoms with van der Waals surface area (Å²) in [5.74, 6) is 1.14. The van der Waals surface area contributed by atoms with Crippen LogP contribution in [-0.4, -0.2) is 69.1 Å². The topological polar surface area (TPSA) is 92.7 Å². The number of aliphatic hydroxyl groups excluding tert-OH is 1. The van der Waals surface area contributed by atoms with Gasteiger partial charge in [-0.2, -0.15) is 10.1 Å². The molecule has 3 rings (SSSR count). The van der Waals surface area contributed by atoms with Crippen molar-refractivity contribution < 1.29 is 14.4 Å². The predicted molar refractivity (Wildman–Crippen MR) is 84.9 cm³/mol. The van der Waals surface area contributed by atoms with Crippen LogP contribution in [0.15, 0.2) is 10.6 Å². The average Bonchev–Trinajstić information content (AvgIpc) is 3.13. The molecule has 2 aromatic rings. The number of ether oxygens (including phenoxy) is 1. The lowest BCUT2D eigenvalue weighted by molar-refractivity contribution is 0.133. The van der Waals surface area contributed by atoms with Crippen molar-refractivity contribution in [2.24, 2.45) is 0 Å². The summed E-state index contributed by atoms with van der Waals surface area (Å²) in [5, 5.41) is 18.7. The normalized spacial score (nSPS) is 16.5. The van der Waals surface area contributed by atoms with Gasteiger partial charge in [-0.1, -0.05) is 5.16 Å². The third-order valence-corrected chi connectivity index (χ3v) is 3.92. The van der Waals surface area contributed by atoms with E-state index in [-0.39, 0.29) is 0 Å². The number of nitrogens with zero attached hydrogens (tertiary/aromatic N) is 6. The second-order valence-electron chi connectivity index (χ2n) is 6.31. The van der Waals surface area contributed by atoms with E-state index in [0.29, 0.717) is 31.4 Å². The number of methoxy groups -OCH3 is 1. The van der Waals surface area contributed by atoms with E-state index in [1.807, 2.05) is 29.7 Å². The van der Waals surface area contributed by atoms with Crippen LogP contribution < -0.4 is 0 Å². The number of aromatic nitrogens is 4. The van der Waals surface area contributed by atoms with Crippen LogP contribution in [0.5, 0.6) is 0 Å². The van der Waals surface area contributed by atoms with Crippen molar-refractivity contribution in [3.8, 4) is 0 Å². The minimum Gasteiger partial charge on any atom is -0.385 e. The Morgan fingerprint density at radius 1 is 1.42 bits per heavy atom. The van der Waals surface area contributed by atoms with Crippen LogP contribution in [0.2, 0.25) is 0 Å². The Bertz CT molecular complexity index is 668. The van der Waals surface area contributed by atoms with Gasteiger partial charge in [-0.15, -0.1) is 0 Å². The van der Waals surface area contributed by atoms with Gasteiger partial charge in [0, 0.05) is 26.7 Å². The van der Waals surface area contributed by atoms with Gasteiger partial charge in [0.2, 0.25) is 0 Å². The molecule has 2 aromatic heterocycles. The molecule has 0 fully saturated rings. The summed E-state index contributed by atoms with van der Waals surface area (Å²) < 4.78 is 12.1. The summed E-state index contributed by atoms with van der Waals surface area (Å²) in [5.41, 5.74) is 1.82. The van der Waals surface area contributed by atoms with Crippen LogP contribution >= 0.6 is 0 Å². The molecule has 0 saturated heterocycles. The standard InChI is InChI=1S/C15H24N6O3/c1-19(2)8-13(22)12-6-11-7-20(4-5-21(11)17-12)9-14-16-15(10-23-3)24-18-14/h6,13,22H,4-5,7-10H2,1-3H3. The van der Waals surface area contributed by atoms with Gasteiger partial charge in [-0.25, -0.2) is 0 Å². The zero-order valence-electron chi connectivity index (χ0n) is 14.3. The highest BCUT2D eigenvalue weighted by Crippen LogP contribution is 2.19. The Hall–Kier alpha value is -1.81. The van der Waals surface area contributed by atoms with E-state index in [1.165, 1.54) is 0 Å². The maximum atomic E-state index is 10.2. The van der Waals surface area contributed by atoms with Crippen LogP contribution in [0.3, 0.4) is 0 Å². The highest BCUT2D eigenvalue weighted by atomic mass is 16.5. The summed E-state index contributed by atoms with van der Waals surface area (Å²) in [4.78, 5) is 8.49. The molecule has 1 atom stereocenters.